The van der Waals surface area contributed by atoms with Gasteiger partial charge in [-0.3, -0.25) is 9.59 Å². The topological polar surface area (TPSA) is 69.4 Å². The molecule has 1 fully saturated rings. The zero-order chi connectivity index (χ0) is 13.8. The average molecular weight is 255 g/mol. The Bertz CT molecular complexity index is 303. The predicted molar refractivity (Wildman–Crippen MR) is 69.7 cm³/mol. The first-order valence-corrected chi connectivity index (χ1v) is 6.79. The number of hydrogen-bond donors (Lipinski definition) is 1. The molecule has 1 rings (SSSR count). The fourth-order valence-electron chi connectivity index (χ4n) is 2.02. The SMILES string of the molecule is CC(C)(C)OC(=O)CCCC(CC1CC1)C(N)=O. The van der Waals surface area contributed by atoms with Crippen LogP contribution in [-0.4, -0.2) is 17.5 Å². The van der Waals surface area contributed by atoms with Crippen LogP contribution in [0.15, 0.2) is 0 Å². The summed E-state index contributed by atoms with van der Waals surface area (Å²) in [6, 6.07) is 0. The van der Waals surface area contributed by atoms with Crippen molar-refractivity contribution in [3.8, 4) is 0 Å². The molecule has 0 saturated heterocycles. The molecule has 1 unspecified atom stereocenters. The van der Waals surface area contributed by atoms with Crippen molar-refractivity contribution in [3.05, 3.63) is 0 Å². The van der Waals surface area contributed by atoms with Crippen molar-refractivity contribution in [1.29, 1.82) is 0 Å². The summed E-state index contributed by atoms with van der Waals surface area (Å²) in [5.74, 6) is 0.187. The third-order valence-electron chi connectivity index (χ3n) is 3.07. The van der Waals surface area contributed by atoms with E-state index in [0.29, 0.717) is 25.2 Å². The van der Waals surface area contributed by atoms with Gasteiger partial charge >= 0.3 is 5.97 Å². The van der Waals surface area contributed by atoms with Crippen LogP contribution in [0.5, 0.6) is 0 Å². The van der Waals surface area contributed by atoms with E-state index >= 15 is 0 Å². The Kier molecular flexibility index (Phi) is 5.17. The second-order valence-corrected chi connectivity index (χ2v) is 6.26. The molecule has 0 heterocycles. The molecule has 104 valence electrons. The lowest BCUT2D eigenvalue weighted by Gasteiger charge is -2.19. The zero-order valence-corrected chi connectivity index (χ0v) is 11.7. The van der Waals surface area contributed by atoms with E-state index in [9.17, 15) is 9.59 Å². The van der Waals surface area contributed by atoms with E-state index in [0.717, 1.165) is 6.42 Å². The van der Waals surface area contributed by atoms with Crippen LogP contribution < -0.4 is 5.73 Å². The van der Waals surface area contributed by atoms with Gasteiger partial charge in [0.05, 0.1) is 0 Å². The number of ether oxygens (including phenoxy) is 1. The van der Waals surface area contributed by atoms with Crippen molar-refractivity contribution < 1.29 is 14.3 Å². The van der Waals surface area contributed by atoms with Gasteiger partial charge in [0.15, 0.2) is 0 Å². The van der Waals surface area contributed by atoms with Gasteiger partial charge in [-0.05, 0) is 46.0 Å². The van der Waals surface area contributed by atoms with Gasteiger partial charge in [-0.15, -0.1) is 0 Å². The third-order valence-corrected chi connectivity index (χ3v) is 3.07. The van der Waals surface area contributed by atoms with E-state index in [2.05, 4.69) is 0 Å². The molecule has 0 aromatic carbocycles. The Morgan fingerprint density at radius 3 is 2.39 bits per heavy atom. The first kappa shape index (κ1) is 15.0. The van der Waals surface area contributed by atoms with Gasteiger partial charge in [0.1, 0.15) is 5.60 Å². The van der Waals surface area contributed by atoms with E-state index < -0.39 is 5.60 Å². The fourth-order valence-corrected chi connectivity index (χ4v) is 2.02. The molecule has 1 aliphatic carbocycles. The Morgan fingerprint density at radius 1 is 1.33 bits per heavy atom. The highest BCUT2D eigenvalue weighted by Crippen LogP contribution is 2.36. The molecule has 0 aromatic heterocycles. The van der Waals surface area contributed by atoms with Gasteiger partial charge in [0.2, 0.25) is 5.91 Å². The second-order valence-electron chi connectivity index (χ2n) is 6.26. The average Bonchev–Trinajstić information content (AvgIpc) is 2.96. The van der Waals surface area contributed by atoms with Gasteiger partial charge < -0.3 is 10.5 Å². The van der Waals surface area contributed by atoms with E-state index in [1.165, 1.54) is 12.8 Å². The van der Waals surface area contributed by atoms with Crippen LogP contribution in [0.2, 0.25) is 0 Å². The molecule has 4 heteroatoms. The summed E-state index contributed by atoms with van der Waals surface area (Å²) in [5.41, 5.74) is 4.94. The Balaban J connectivity index is 2.21. The predicted octanol–water partition coefficient (Wildman–Crippen LogP) is 2.40. The zero-order valence-electron chi connectivity index (χ0n) is 11.7. The molecule has 4 nitrogen and oxygen atoms in total. The molecule has 0 aliphatic heterocycles. The molecule has 0 aromatic rings. The molecule has 0 radical (unpaired) electrons. The molecular formula is C14H25NO3. The van der Waals surface area contributed by atoms with Crippen LogP contribution in [0.3, 0.4) is 0 Å². The number of nitrogens with two attached hydrogens (primary N) is 1. The molecule has 0 spiro atoms. The van der Waals surface area contributed by atoms with Gasteiger partial charge in [-0.1, -0.05) is 12.8 Å². The summed E-state index contributed by atoms with van der Waals surface area (Å²) in [6.45, 7) is 5.55. The Labute approximate surface area is 109 Å². The Morgan fingerprint density at radius 2 is 1.94 bits per heavy atom. The standard InChI is InChI=1S/C14H25NO3/c1-14(2,3)18-12(16)6-4-5-11(13(15)17)9-10-7-8-10/h10-11H,4-9H2,1-3H3,(H2,15,17). The molecule has 0 bridgehead atoms. The molecule has 1 aliphatic rings. The smallest absolute Gasteiger partial charge is 0.306 e. The maximum Gasteiger partial charge on any atom is 0.306 e. The molecule has 18 heavy (non-hydrogen) atoms. The van der Waals surface area contributed by atoms with Gasteiger partial charge in [-0.25, -0.2) is 0 Å². The summed E-state index contributed by atoms with van der Waals surface area (Å²) in [5, 5.41) is 0. The van der Waals surface area contributed by atoms with Crippen molar-refractivity contribution >= 4 is 11.9 Å². The summed E-state index contributed by atoms with van der Waals surface area (Å²) in [7, 11) is 0. The number of esters is 1. The van der Waals surface area contributed by atoms with Crippen molar-refractivity contribution in [3.63, 3.8) is 0 Å². The number of amides is 1. The van der Waals surface area contributed by atoms with E-state index in [1.54, 1.807) is 0 Å². The first-order valence-electron chi connectivity index (χ1n) is 6.79. The second kappa shape index (κ2) is 6.21. The van der Waals surface area contributed by atoms with Crippen LogP contribution in [0.4, 0.5) is 0 Å². The lowest BCUT2D eigenvalue weighted by Crippen LogP contribution is -2.25. The summed E-state index contributed by atoms with van der Waals surface area (Å²) in [4.78, 5) is 22.8. The maximum atomic E-state index is 11.5. The van der Waals surface area contributed by atoms with Crippen LogP contribution in [-0.2, 0) is 14.3 Å². The first-order chi connectivity index (χ1) is 8.28. The summed E-state index contributed by atoms with van der Waals surface area (Å²) in [6.07, 6.45) is 5.07. The number of hydrogen-bond acceptors (Lipinski definition) is 3. The molecule has 1 amide bonds. The highest BCUT2D eigenvalue weighted by Gasteiger charge is 2.28. The maximum absolute atomic E-state index is 11.5. The number of carbonyl (C=O) groups excluding carboxylic acids is 2. The highest BCUT2D eigenvalue weighted by atomic mass is 16.6. The van der Waals surface area contributed by atoms with E-state index in [1.807, 2.05) is 20.8 Å². The lowest BCUT2D eigenvalue weighted by molar-refractivity contribution is -0.155. The van der Waals surface area contributed by atoms with Crippen molar-refractivity contribution in [2.24, 2.45) is 17.6 Å². The largest absolute Gasteiger partial charge is 0.460 e. The number of rotatable bonds is 7. The molecule has 1 saturated carbocycles. The van der Waals surface area contributed by atoms with E-state index in [-0.39, 0.29) is 17.8 Å². The lowest BCUT2D eigenvalue weighted by atomic mass is 9.95. The minimum absolute atomic E-state index is 0.0695. The minimum Gasteiger partial charge on any atom is -0.460 e. The summed E-state index contributed by atoms with van der Waals surface area (Å²) < 4.78 is 5.22. The van der Waals surface area contributed by atoms with Gasteiger partial charge in [0.25, 0.3) is 0 Å². The van der Waals surface area contributed by atoms with Gasteiger partial charge in [0, 0.05) is 12.3 Å². The van der Waals surface area contributed by atoms with Crippen molar-refractivity contribution in [2.75, 3.05) is 0 Å². The Hall–Kier alpha value is -1.06. The molecule has 2 N–H and O–H groups in total. The fraction of sp³-hybridized carbons (Fsp3) is 0.857. The van der Waals surface area contributed by atoms with Crippen LogP contribution in [0.25, 0.3) is 0 Å². The molecule has 1 atom stereocenters. The van der Waals surface area contributed by atoms with Crippen LogP contribution >= 0.6 is 0 Å². The number of primary amides is 1. The van der Waals surface area contributed by atoms with E-state index in [4.69, 9.17) is 10.5 Å². The highest BCUT2D eigenvalue weighted by molar-refractivity contribution is 5.76. The van der Waals surface area contributed by atoms with Gasteiger partial charge in [-0.2, -0.15) is 0 Å². The summed E-state index contributed by atoms with van der Waals surface area (Å²) >= 11 is 0. The number of carbonyl (C=O) groups is 2. The third kappa shape index (κ3) is 6.62. The quantitative estimate of drug-likeness (QED) is 0.710. The van der Waals surface area contributed by atoms with Crippen LogP contribution in [0, 0.1) is 11.8 Å². The van der Waals surface area contributed by atoms with Crippen molar-refractivity contribution in [1.82, 2.24) is 0 Å². The monoisotopic (exact) mass is 255 g/mol. The normalized spacial score (nSPS) is 17.3. The minimum atomic E-state index is -0.436. The van der Waals surface area contributed by atoms with Crippen molar-refractivity contribution in [2.45, 2.75) is 64.9 Å². The molecular weight excluding hydrogens is 230 g/mol. The van der Waals surface area contributed by atoms with Crippen LogP contribution in [0.1, 0.15) is 59.3 Å².